The predicted molar refractivity (Wildman–Crippen MR) is 152 cm³/mol. The van der Waals surface area contributed by atoms with E-state index in [4.69, 9.17) is 0 Å². The number of unbranched alkanes of at least 4 members (excludes halogenated alkanes) is 15. The molecule has 0 spiro atoms. The molecule has 3 heteroatoms. The summed E-state index contributed by atoms with van der Waals surface area (Å²) in [5.41, 5.74) is 0. The Labute approximate surface area is 201 Å². The van der Waals surface area contributed by atoms with Crippen LogP contribution in [0.1, 0.15) is 143 Å². The number of hydrogen-bond acceptors (Lipinski definition) is 0. The molecule has 0 bridgehead atoms. The quantitative estimate of drug-likeness (QED) is 0.106. The highest BCUT2D eigenvalue weighted by Gasteiger charge is 2.07. The van der Waals surface area contributed by atoms with E-state index in [0.717, 1.165) is 0 Å². The van der Waals surface area contributed by atoms with Crippen molar-refractivity contribution >= 4 is 34.1 Å². The minimum absolute atomic E-state index is 0. The molecule has 0 fully saturated rings. The molecule has 0 aromatic carbocycles. The zero-order chi connectivity index (χ0) is 21.1. The lowest BCUT2D eigenvalue weighted by Gasteiger charge is -2.18. The van der Waals surface area contributed by atoms with Crippen LogP contribution in [0.4, 0.5) is 0 Å². The van der Waals surface area contributed by atoms with Crippen molar-refractivity contribution in [1.29, 1.82) is 0 Å². The van der Waals surface area contributed by atoms with Gasteiger partial charge in [-0.25, -0.2) is 0 Å². The van der Waals surface area contributed by atoms with Gasteiger partial charge >= 0.3 is 0 Å². The number of hydrogen-bond donors (Lipinski definition) is 0. The van der Waals surface area contributed by atoms with Gasteiger partial charge in [0.2, 0.25) is 0 Å². The first kappa shape index (κ1) is 34.9. The molecule has 0 aliphatic heterocycles. The maximum atomic E-state index is 2.58. The van der Waals surface area contributed by atoms with Gasteiger partial charge in [-0.3, -0.25) is 0 Å². The van der Waals surface area contributed by atoms with Gasteiger partial charge in [-0.1, -0.05) is 124 Å². The fourth-order valence-electron chi connectivity index (χ4n) is 3.68. The van der Waals surface area contributed by atoms with Crippen LogP contribution in [0.25, 0.3) is 0 Å². The molecule has 0 radical (unpaired) electrons. The molecular formula is C26H59BrP2. The molecule has 180 valence electrons. The summed E-state index contributed by atoms with van der Waals surface area (Å²) in [6.07, 6.45) is 32.4. The van der Waals surface area contributed by atoms with Gasteiger partial charge in [0, 0.05) is 0 Å². The van der Waals surface area contributed by atoms with Crippen molar-refractivity contribution in [2.24, 2.45) is 0 Å². The monoisotopic (exact) mass is 512 g/mol. The minimum Gasteiger partial charge on any atom is -0.138 e. The second kappa shape index (κ2) is 34.0. The Kier molecular flexibility index (Phi) is 40.9. The molecule has 29 heavy (non-hydrogen) atoms. The van der Waals surface area contributed by atoms with E-state index in [1.54, 1.807) is 18.5 Å². The summed E-state index contributed by atoms with van der Waals surface area (Å²) in [5.74, 6) is 0. The molecule has 0 aliphatic rings. The first-order valence-electron chi connectivity index (χ1n) is 13.2. The fraction of sp³-hybridized carbons (Fsp3) is 1.00. The molecular weight excluding hydrogens is 454 g/mol. The Hall–Kier alpha value is 1.34. The van der Waals surface area contributed by atoms with Crippen molar-refractivity contribution in [3.8, 4) is 0 Å². The van der Waals surface area contributed by atoms with E-state index in [1.807, 2.05) is 0 Å². The van der Waals surface area contributed by atoms with Gasteiger partial charge in [-0.2, -0.15) is 0 Å². The largest absolute Gasteiger partial charge is 0.138 e. The third kappa shape index (κ3) is 34.2. The summed E-state index contributed by atoms with van der Waals surface area (Å²) in [4.78, 5) is 0. The molecule has 0 saturated carbocycles. The lowest BCUT2D eigenvalue weighted by molar-refractivity contribution is 0.617. The smallest absolute Gasteiger partial charge is 0.0326 e. The maximum absolute atomic E-state index is 2.58. The van der Waals surface area contributed by atoms with Crippen LogP contribution in [0.15, 0.2) is 0 Å². The molecule has 1 atom stereocenters. The molecule has 1 unspecified atom stereocenters. The fourth-order valence-corrected chi connectivity index (χ4v) is 6.37. The Balaban J connectivity index is -0.00000158. The van der Waals surface area contributed by atoms with Gasteiger partial charge in [0.25, 0.3) is 0 Å². The summed E-state index contributed by atoms with van der Waals surface area (Å²) in [7, 11) is 2.94. The van der Waals surface area contributed by atoms with E-state index in [9.17, 15) is 0 Å². The zero-order valence-electron chi connectivity index (χ0n) is 21.0. The summed E-state index contributed by atoms with van der Waals surface area (Å²) in [6, 6.07) is 0. The van der Waals surface area contributed by atoms with E-state index in [0.29, 0.717) is 7.92 Å². The van der Waals surface area contributed by atoms with Crippen molar-refractivity contribution < 1.29 is 0 Å². The van der Waals surface area contributed by atoms with Crippen LogP contribution < -0.4 is 0 Å². The SMILES string of the molecule is Br.CCCCCCCCP(CCCCCCCC)CCCCCCCC.CCP. The van der Waals surface area contributed by atoms with Crippen LogP contribution in [0.2, 0.25) is 0 Å². The van der Waals surface area contributed by atoms with Gasteiger partial charge in [-0.15, -0.1) is 34.1 Å². The Bertz CT molecular complexity index is 211. The minimum atomic E-state index is 0. The summed E-state index contributed by atoms with van der Waals surface area (Å²) in [5, 5.41) is 0. The van der Waals surface area contributed by atoms with Crippen LogP contribution in [0.3, 0.4) is 0 Å². The lowest BCUT2D eigenvalue weighted by Crippen LogP contribution is -1.97. The van der Waals surface area contributed by atoms with Crippen molar-refractivity contribution in [2.75, 3.05) is 24.6 Å². The van der Waals surface area contributed by atoms with E-state index in [1.165, 1.54) is 122 Å². The lowest BCUT2D eigenvalue weighted by atomic mass is 10.1. The highest BCUT2D eigenvalue weighted by molar-refractivity contribution is 8.93. The molecule has 0 nitrogen and oxygen atoms in total. The van der Waals surface area contributed by atoms with Crippen molar-refractivity contribution in [1.82, 2.24) is 0 Å². The molecule has 0 rings (SSSR count). The molecule has 0 amide bonds. The summed E-state index contributed by atoms with van der Waals surface area (Å²) in [6.45, 7) is 9.05. The molecule has 0 N–H and O–H groups in total. The molecule has 0 saturated heterocycles. The molecule has 0 aromatic rings. The van der Waals surface area contributed by atoms with Crippen LogP contribution in [-0.2, 0) is 0 Å². The highest BCUT2D eigenvalue weighted by Crippen LogP contribution is 2.39. The molecule has 0 aliphatic carbocycles. The molecule has 0 aromatic heterocycles. The molecule has 0 heterocycles. The zero-order valence-corrected chi connectivity index (χ0v) is 24.8. The van der Waals surface area contributed by atoms with Crippen LogP contribution >= 0.6 is 34.1 Å². The van der Waals surface area contributed by atoms with E-state index >= 15 is 0 Å². The Morgan fingerprint density at radius 2 is 0.621 bits per heavy atom. The average molecular weight is 514 g/mol. The number of halogens is 1. The maximum Gasteiger partial charge on any atom is -0.0326 e. The van der Waals surface area contributed by atoms with Crippen molar-refractivity contribution in [3.05, 3.63) is 0 Å². The summed E-state index contributed by atoms with van der Waals surface area (Å²) < 4.78 is 0. The number of rotatable bonds is 21. The second-order valence-corrected chi connectivity index (χ2v) is 12.1. The van der Waals surface area contributed by atoms with Gasteiger partial charge in [0.05, 0.1) is 0 Å². The van der Waals surface area contributed by atoms with E-state index in [2.05, 4.69) is 36.9 Å². The first-order chi connectivity index (χ1) is 13.8. The average Bonchev–Trinajstić information content (AvgIpc) is 2.69. The van der Waals surface area contributed by atoms with Crippen LogP contribution in [-0.4, -0.2) is 24.6 Å². The van der Waals surface area contributed by atoms with E-state index < -0.39 is 0 Å². The van der Waals surface area contributed by atoms with Crippen LogP contribution in [0, 0.1) is 0 Å². The van der Waals surface area contributed by atoms with Crippen molar-refractivity contribution in [2.45, 2.75) is 143 Å². The topological polar surface area (TPSA) is 0 Å². The third-order valence-electron chi connectivity index (χ3n) is 5.48. The summed E-state index contributed by atoms with van der Waals surface area (Å²) >= 11 is 0. The predicted octanol–water partition coefficient (Wildman–Crippen LogP) is 11.0. The van der Waals surface area contributed by atoms with Gasteiger partial charge in [0.1, 0.15) is 0 Å². The van der Waals surface area contributed by atoms with Crippen molar-refractivity contribution in [3.63, 3.8) is 0 Å². The second-order valence-electron chi connectivity index (χ2n) is 8.55. The van der Waals surface area contributed by atoms with Gasteiger partial charge < -0.3 is 0 Å². The Morgan fingerprint density at radius 1 is 0.414 bits per heavy atom. The van der Waals surface area contributed by atoms with E-state index in [-0.39, 0.29) is 17.0 Å². The third-order valence-corrected chi connectivity index (χ3v) is 8.33. The normalized spacial score (nSPS) is 10.6. The first-order valence-corrected chi connectivity index (χ1v) is 15.9. The van der Waals surface area contributed by atoms with Gasteiger partial charge in [0.15, 0.2) is 0 Å². The van der Waals surface area contributed by atoms with Gasteiger partial charge in [-0.05, 0) is 43.9 Å². The Morgan fingerprint density at radius 3 is 0.862 bits per heavy atom. The highest BCUT2D eigenvalue weighted by atomic mass is 79.9. The standard InChI is InChI=1S/C24H51P.C2H7P.BrH/c1-4-7-10-13-16-19-22-25(23-20-17-14-11-8-5-2)24-21-18-15-12-9-6-3;1-2-3;/h4-24H2,1-3H3;2-3H2,1H3;1H. The van der Waals surface area contributed by atoms with Crippen LogP contribution in [0.5, 0.6) is 0 Å².